The van der Waals surface area contributed by atoms with Gasteiger partial charge in [-0.2, -0.15) is 0 Å². The zero-order valence-electron chi connectivity index (χ0n) is 16.1. The first kappa shape index (κ1) is 19.0. The number of benzene rings is 2. The average Bonchev–Trinajstić information content (AvgIpc) is 3.51. The third-order valence-electron chi connectivity index (χ3n) is 4.97. The molecule has 0 radical (unpaired) electrons. The minimum atomic E-state index is 0.182. The van der Waals surface area contributed by atoms with Gasteiger partial charge in [-0.1, -0.05) is 54.2 Å². The second kappa shape index (κ2) is 8.80. The molecule has 4 rings (SSSR count). The number of nitrogens with zero attached hydrogens (tertiary/aromatic N) is 3. The van der Waals surface area contributed by atoms with E-state index in [-0.39, 0.29) is 5.91 Å². The largest absolute Gasteiger partial charge is 0.383 e. The van der Waals surface area contributed by atoms with Gasteiger partial charge in [-0.25, -0.2) is 4.98 Å². The van der Waals surface area contributed by atoms with Crippen LogP contribution >= 0.6 is 11.8 Å². The zero-order valence-corrected chi connectivity index (χ0v) is 16.9. The number of fused-ring (bicyclic) bond motifs is 1. The minimum Gasteiger partial charge on any atom is -0.383 e. The van der Waals surface area contributed by atoms with Crippen LogP contribution in [0.5, 0.6) is 0 Å². The summed E-state index contributed by atoms with van der Waals surface area (Å²) < 4.78 is 7.40. The SMILES string of the molecule is COCCn1c(SCC(=O)N(Cc2ccccc2)C2CC2)nc2ccccc21. The molecule has 1 saturated carbocycles. The number of hydrogen-bond acceptors (Lipinski definition) is 4. The van der Waals surface area contributed by atoms with Crippen LogP contribution in [0.1, 0.15) is 18.4 Å². The number of methoxy groups -OCH3 is 1. The molecule has 3 aromatic rings. The average molecular weight is 396 g/mol. The lowest BCUT2D eigenvalue weighted by atomic mass is 10.2. The van der Waals surface area contributed by atoms with Gasteiger partial charge >= 0.3 is 0 Å². The van der Waals surface area contributed by atoms with Crippen molar-refractivity contribution in [2.75, 3.05) is 19.5 Å². The van der Waals surface area contributed by atoms with Crippen LogP contribution in [0.15, 0.2) is 59.8 Å². The molecule has 146 valence electrons. The number of rotatable bonds is 9. The van der Waals surface area contributed by atoms with E-state index in [9.17, 15) is 4.79 Å². The molecule has 0 atom stereocenters. The molecule has 0 N–H and O–H groups in total. The van der Waals surface area contributed by atoms with E-state index < -0.39 is 0 Å². The first-order valence-corrected chi connectivity index (χ1v) is 10.6. The topological polar surface area (TPSA) is 47.4 Å². The normalized spacial score (nSPS) is 13.8. The van der Waals surface area contributed by atoms with E-state index in [1.165, 1.54) is 17.3 Å². The van der Waals surface area contributed by atoms with Crippen LogP contribution in [-0.2, 0) is 22.6 Å². The Kier molecular flexibility index (Phi) is 5.98. The van der Waals surface area contributed by atoms with Crippen molar-refractivity contribution in [2.24, 2.45) is 0 Å². The van der Waals surface area contributed by atoms with E-state index in [1.807, 2.05) is 41.3 Å². The van der Waals surface area contributed by atoms with E-state index in [2.05, 4.69) is 22.8 Å². The van der Waals surface area contributed by atoms with Crippen LogP contribution in [0.25, 0.3) is 11.0 Å². The Morgan fingerprint density at radius 1 is 1.18 bits per heavy atom. The number of amides is 1. The molecule has 1 aliphatic rings. The van der Waals surface area contributed by atoms with Crippen molar-refractivity contribution in [3.8, 4) is 0 Å². The van der Waals surface area contributed by atoms with Gasteiger partial charge in [0.05, 0.1) is 23.4 Å². The van der Waals surface area contributed by atoms with Crippen molar-refractivity contribution in [1.82, 2.24) is 14.5 Å². The van der Waals surface area contributed by atoms with Gasteiger partial charge in [0.25, 0.3) is 0 Å². The molecule has 2 aromatic carbocycles. The Labute approximate surface area is 169 Å². The molecule has 0 spiro atoms. The zero-order chi connectivity index (χ0) is 19.3. The Hall–Kier alpha value is -2.31. The van der Waals surface area contributed by atoms with Gasteiger partial charge in [0, 0.05) is 26.2 Å². The van der Waals surface area contributed by atoms with Crippen molar-refractivity contribution >= 4 is 28.7 Å². The Balaban J connectivity index is 1.47. The summed E-state index contributed by atoms with van der Waals surface area (Å²) in [7, 11) is 1.70. The summed E-state index contributed by atoms with van der Waals surface area (Å²) in [4.78, 5) is 19.8. The number of para-hydroxylation sites is 2. The summed E-state index contributed by atoms with van der Waals surface area (Å²) in [5, 5.41) is 0.877. The summed E-state index contributed by atoms with van der Waals surface area (Å²) in [6.45, 7) is 2.03. The highest BCUT2D eigenvalue weighted by atomic mass is 32.2. The predicted molar refractivity (Wildman–Crippen MR) is 112 cm³/mol. The number of ether oxygens (including phenoxy) is 1. The maximum atomic E-state index is 13.0. The maximum Gasteiger partial charge on any atom is 0.233 e. The summed E-state index contributed by atoms with van der Waals surface area (Å²) in [6, 6.07) is 18.7. The standard InChI is InChI=1S/C22H25N3O2S/c1-27-14-13-24-20-10-6-5-9-19(20)23-22(24)28-16-21(26)25(18-11-12-18)15-17-7-3-2-4-8-17/h2-10,18H,11-16H2,1H3. The molecular weight excluding hydrogens is 370 g/mol. The maximum absolute atomic E-state index is 13.0. The van der Waals surface area contributed by atoms with Crippen LogP contribution in [0.3, 0.4) is 0 Å². The van der Waals surface area contributed by atoms with Crippen molar-refractivity contribution in [3.05, 3.63) is 60.2 Å². The van der Waals surface area contributed by atoms with Gasteiger partial charge in [-0.15, -0.1) is 0 Å². The van der Waals surface area contributed by atoms with E-state index in [1.54, 1.807) is 7.11 Å². The van der Waals surface area contributed by atoms with Gasteiger partial charge in [0.2, 0.25) is 5.91 Å². The van der Waals surface area contributed by atoms with Gasteiger partial charge in [0.15, 0.2) is 5.16 Å². The van der Waals surface area contributed by atoms with Gasteiger partial charge < -0.3 is 14.2 Å². The monoisotopic (exact) mass is 395 g/mol. The third-order valence-corrected chi connectivity index (χ3v) is 5.93. The number of hydrogen-bond donors (Lipinski definition) is 0. The fourth-order valence-electron chi connectivity index (χ4n) is 3.36. The van der Waals surface area contributed by atoms with Crippen molar-refractivity contribution in [3.63, 3.8) is 0 Å². The number of aromatic nitrogens is 2. The molecule has 1 aliphatic carbocycles. The molecule has 0 unspecified atom stereocenters. The molecule has 0 aliphatic heterocycles. The highest BCUT2D eigenvalue weighted by Gasteiger charge is 2.32. The number of carbonyl (C=O) groups excluding carboxylic acids is 1. The second-order valence-corrected chi connectivity index (χ2v) is 8.00. The summed E-state index contributed by atoms with van der Waals surface area (Å²) in [5.41, 5.74) is 3.22. The molecule has 1 fully saturated rings. The lowest BCUT2D eigenvalue weighted by Gasteiger charge is -2.22. The highest BCUT2D eigenvalue weighted by Crippen LogP contribution is 2.30. The first-order valence-electron chi connectivity index (χ1n) is 9.66. The second-order valence-electron chi connectivity index (χ2n) is 7.05. The molecule has 6 heteroatoms. The molecule has 0 saturated heterocycles. The van der Waals surface area contributed by atoms with Gasteiger partial charge in [0.1, 0.15) is 0 Å². The summed E-state index contributed by atoms with van der Waals surface area (Å²) in [5.74, 6) is 0.585. The van der Waals surface area contributed by atoms with Crippen LogP contribution in [0.4, 0.5) is 0 Å². The molecule has 1 amide bonds. The predicted octanol–water partition coefficient (Wildman–Crippen LogP) is 3.97. The molecule has 1 heterocycles. The van der Waals surface area contributed by atoms with Crippen LogP contribution in [-0.4, -0.2) is 45.9 Å². The van der Waals surface area contributed by atoms with Gasteiger partial charge in [-0.05, 0) is 30.5 Å². The number of imidazole rings is 1. The quantitative estimate of drug-likeness (QED) is 0.515. The fourth-order valence-corrected chi connectivity index (χ4v) is 4.29. The third kappa shape index (κ3) is 4.39. The molecule has 5 nitrogen and oxygen atoms in total. The Morgan fingerprint density at radius 2 is 1.93 bits per heavy atom. The Bertz CT molecular complexity index is 937. The smallest absolute Gasteiger partial charge is 0.233 e. The van der Waals surface area contributed by atoms with Crippen molar-refractivity contribution in [1.29, 1.82) is 0 Å². The van der Waals surface area contributed by atoms with Gasteiger partial charge in [-0.3, -0.25) is 4.79 Å². The van der Waals surface area contributed by atoms with Crippen LogP contribution in [0.2, 0.25) is 0 Å². The lowest BCUT2D eigenvalue weighted by molar-refractivity contribution is -0.129. The molecule has 1 aromatic heterocycles. The summed E-state index contributed by atoms with van der Waals surface area (Å²) >= 11 is 1.52. The minimum absolute atomic E-state index is 0.182. The fraction of sp³-hybridized carbons (Fsp3) is 0.364. The van der Waals surface area contributed by atoms with Crippen LogP contribution in [0, 0.1) is 0 Å². The molecule has 0 bridgehead atoms. The molecular formula is C22H25N3O2S. The Morgan fingerprint density at radius 3 is 2.68 bits per heavy atom. The van der Waals surface area contributed by atoms with Crippen molar-refractivity contribution < 1.29 is 9.53 Å². The number of carbonyl (C=O) groups is 1. The van der Waals surface area contributed by atoms with E-state index >= 15 is 0 Å². The first-order chi connectivity index (χ1) is 13.8. The van der Waals surface area contributed by atoms with E-state index in [0.717, 1.165) is 35.6 Å². The van der Waals surface area contributed by atoms with Crippen LogP contribution < -0.4 is 0 Å². The molecule has 28 heavy (non-hydrogen) atoms. The van der Waals surface area contributed by atoms with Crippen molar-refractivity contribution in [2.45, 2.75) is 37.1 Å². The lowest BCUT2D eigenvalue weighted by Crippen LogP contribution is -2.34. The van der Waals surface area contributed by atoms with E-state index in [4.69, 9.17) is 9.72 Å². The van der Waals surface area contributed by atoms with E-state index in [0.29, 0.717) is 24.9 Å². The summed E-state index contributed by atoms with van der Waals surface area (Å²) in [6.07, 6.45) is 2.21. The highest BCUT2D eigenvalue weighted by molar-refractivity contribution is 7.99. The number of thioether (sulfide) groups is 1.